The normalized spacial score (nSPS) is 11.9. The molecule has 0 saturated heterocycles. The number of benzene rings is 4. The Morgan fingerprint density at radius 2 is 1.03 bits per heavy atom. The maximum Gasteiger partial charge on any atom is 0.0466 e. The maximum absolute atomic E-state index is 2.38. The van der Waals surface area contributed by atoms with Gasteiger partial charge in [-0.05, 0) is 104 Å². The fraction of sp³-hybridized carbons (Fsp3) is 0.172. The van der Waals surface area contributed by atoms with Crippen molar-refractivity contribution in [3.8, 4) is 11.1 Å². The molecule has 1 aliphatic carbocycles. The van der Waals surface area contributed by atoms with Crippen LogP contribution in [-0.4, -0.2) is 0 Å². The molecule has 1 nitrogen and oxygen atoms in total. The Morgan fingerprint density at radius 3 is 1.73 bits per heavy atom. The first kappa shape index (κ1) is 18.7. The fourth-order valence-corrected chi connectivity index (χ4v) is 4.69. The van der Waals surface area contributed by atoms with Crippen molar-refractivity contribution in [1.82, 2.24) is 0 Å². The van der Waals surface area contributed by atoms with Gasteiger partial charge in [-0.3, -0.25) is 0 Å². The number of anilines is 3. The molecule has 0 spiro atoms. The predicted octanol–water partition coefficient (Wildman–Crippen LogP) is 7.96. The van der Waals surface area contributed by atoms with Gasteiger partial charge < -0.3 is 4.90 Å². The Kier molecular flexibility index (Phi) is 4.47. The van der Waals surface area contributed by atoms with Gasteiger partial charge >= 0.3 is 0 Å². The molecule has 0 saturated carbocycles. The molecule has 5 rings (SSSR count). The minimum absolute atomic E-state index is 1.01. The lowest BCUT2D eigenvalue weighted by Gasteiger charge is -2.27. The monoisotopic (exact) mass is 389 g/mol. The second-order valence-electron chi connectivity index (χ2n) is 8.70. The molecule has 30 heavy (non-hydrogen) atoms. The van der Waals surface area contributed by atoms with Crippen molar-refractivity contribution < 1.29 is 0 Å². The van der Waals surface area contributed by atoms with E-state index >= 15 is 0 Å². The van der Waals surface area contributed by atoms with Crippen LogP contribution in [0.1, 0.15) is 33.4 Å². The predicted molar refractivity (Wildman–Crippen MR) is 128 cm³/mol. The van der Waals surface area contributed by atoms with Crippen molar-refractivity contribution in [3.05, 3.63) is 112 Å². The topological polar surface area (TPSA) is 3.24 Å². The number of aryl methyl sites for hydroxylation is 4. The molecular weight excluding hydrogens is 362 g/mol. The number of fused-ring (bicyclic) bond motifs is 3. The molecule has 0 amide bonds. The number of nitrogens with zero attached hydrogens (tertiary/aromatic N) is 1. The number of hydrogen-bond acceptors (Lipinski definition) is 1. The summed E-state index contributed by atoms with van der Waals surface area (Å²) in [4.78, 5) is 2.38. The van der Waals surface area contributed by atoms with E-state index in [1.165, 1.54) is 61.6 Å². The second kappa shape index (κ2) is 7.18. The molecule has 0 radical (unpaired) electrons. The third kappa shape index (κ3) is 3.31. The highest BCUT2D eigenvalue weighted by Crippen LogP contribution is 2.42. The van der Waals surface area contributed by atoms with E-state index in [0.717, 1.165) is 6.42 Å². The summed E-state index contributed by atoms with van der Waals surface area (Å²) in [7, 11) is 0. The van der Waals surface area contributed by atoms with Crippen molar-refractivity contribution in [2.75, 3.05) is 4.90 Å². The average Bonchev–Trinajstić information content (AvgIpc) is 3.05. The van der Waals surface area contributed by atoms with Crippen molar-refractivity contribution in [2.45, 2.75) is 34.1 Å². The third-order valence-electron chi connectivity index (χ3n) is 6.04. The van der Waals surface area contributed by atoms with E-state index in [0.29, 0.717) is 0 Å². The zero-order valence-corrected chi connectivity index (χ0v) is 18.2. The van der Waals surface area contributed by atoms with Crippen LogP contribution in [0, 0.1) is 27.7 Å². The van der Waals surface area contributed by atoms with Crippen molar-refractivity contribution >= 4 is 17.1 Å². The highest BCUT2D eigenvalue weighted by Gasteiger charge is 2.21. The first-order valence-corrected chi connectivity index (χ1v) is 10.7. The van der Waals surface area contributed by atoms with Gasteiger partial charge in [0.1, 0.15) is 0 Å². The summed E-state index contributed by atoms with van der Waals surface area (Å²) < 4.78 is 0. The first-order chi connectivity index (χ1) is 14.5. The summed E-state index contributed by atoms with van der Waals surface area (Å²) in [6.07, 6.45) is 1.01. The minimum Gasteiger partial charge on any atom is -0.310 e. The van der Waals surface area contributed by atoms with Crippen LogP contribution in [0.2, 0.25) is 0 Å². The summed E-state index contributed by atoms with van der Waals surface area (Å²) in [6.45, 7) is 8.66. The molecule has 0 atom stereocenters. The summed E-state index contributed by atoms with van der Waals surface area (Å²) >= 11 is 0. The van der Waals surface area contributed by atoms with E-state index < -0.39 is 0 Å². The van der Waals surface area contributed by atoms with Gasteiger partial charge in [0.05, 0.1) is 0 Å². The Labute approximate surface area is 179 Å². The van der Waals surface area contributed by atoms with E-state index in [9.17, 15) is 0 Å². The van der Waals surface area contributed by atoms with Crippen LogP contribution < -0.4 is 4.90 Å². The van der Waals surface area contributed by atoms with Gasteiger partial charge in [-0.2, -0.15) is 0 Å². The molecule has 0 aromatic heterocycles. The molecule has 1 aliphatic rings. The SMILES string of the molecule is Cc1ccc(N(c2cc(C)cc(C)c2)c2ccc3c(c2)Cc2cc(C)ccc2-3)cc1. The highest BCUT2D eigenvalue weighted by molar-refractivity contribution is 5.83. The van der Waals surface area contributed by atoms with Crippen LogP contribution in [0.15, 0.2) is 78.9 Å². The van der Waals surface area contributed by atoms with Crippen LogP contribution >= 0.6 is 0 Å². The van der Waals surface area contributed by atoms with Crippen molar-refractivity contribution in [2.24, 2.45) is 0 Å². The zero-order valence-electron chi connectivity index (χ0n) is 18.2. The summed E-state index contributed by atoms with van der Waals surface area (Å²) in [6, 6.07) is 29.4. The maximum atomic E-state index is 2.38. The van der Waals surface area contributed by atoms with Crippen molar-refractivity contribution in [1.29, 1.82) is 0 Å². The van der Waals surface area contributed by atoms with E-state index in [1.54, 1.807) is 0 Å². The standard InChI is InChI=1S/C29H27N/c1-19-5-8-25(9-6-19)30(27-15-21(3)13-22(4)16-27)26-10-12-29-24(18-26)17-23-14-20(2)7-11-28(23)29/h5-16,18H,17H2,1-4H3. The second-order valence-corrected chi connectivity index (χ2v) is 8.70. The molecule has 4 aromatic carbocycles. The lowest BCUT2D eigenvalue weighted by atomic mass is 10.0. The van der Waals surface area contributed by atoms with Gasteiger partial charge in [-0.1, -0.05) is 53.6 Å². The molecule has 0 bridgehead atoms. The lowest BCUT2D eigenvalue weighted by molar-refractivity contribution is 1.22. The van der Waals surface area contributed by atoms with Crippen LogP contribution in [0.3, 0.4) is 0 Å². The van der Waals surface area contributed by atoms with Gasteiger partial charge in [0.2, 0.25) is 0 Å². The molecule has 0 N–H and O–H groups in total. The Hall–Kier alpha value is -3.32. The molecular formula is C29H27N. The lowest BCUT2D eigenvalue weighted by Crippen LogP contribution is -2.10. The van der Waals surface area contributed by atoms with Crippen LogP contribution in [0.4, 0.5) is 17.1 Å². The number of rotatable bonds is 3. The summed E-state index contributed by atoms with van der Waals surface area (Å²) in [5, 5.41) is 0. The fourth-order valence-electron chi connectivity index (χ4n) is 4.69. The van der Waals surface area contributed by atoms with Gasteiger partial charge in [-0.15, -0.1) is 0 Å². The van der Waals surface area contributed by atoms with Crippen LogP contribution in [-0.2, 0) is 6.42 Å². The molecule has 0 fully saturated rings. The third-order valence-corrected chi connectivity index (χ3v) is 6.04. The summed E-state index contributed by atoms with van der Waals surface area (Å²) in [5.41, 5.74) is 14.4. The molecule has 0 unspecified atom stereocenters. The average molecular weight is 390 g/mol. The van der Waals surface area contributed by atoms with Gasteiger partial charge in [0.15, 0.2) is 0 Å². The van der Waals surface area contributed by atoms with Gasteiger partial charge in [0, 0.05) is 17.1 Å². The van der Waals surface area contributed by atoms with Gasteiger partial charge in [-0.25, -0.2) is 0 Å². The van der Waals surface area contributed by atoms with E-state index in [4.69, 9.17) is 0 Å². The van der Waals surface area contributed by atoms with Crippen LogP contribution in [0.5, 0.6) is 0 Å². The molecule has 0 heterocycles. The van der Waals surface area contributed by atoms with E-state index in [2.05, 4.69) is 111 Å². The van der Waals surface area contributed by atoms with E-state index in [-0.39, 0.29) is 0 Å². The summed E-state index contributed by atoms with van der Waals surface area (Å²) in [5.74, 6) is 0. The largest absolute Gasteiger partial charge is 0.310 e. The smallest absolute Gasteiger partial charge is 0.0466 e. The zero-order chi connectivity index (χ0) is 20.8. The molecule has 4 aromatic rings. The Morgan fingerprint density at radius 1 is 0.467 bits per heavy atom. The Bertz CT molecular complexity index is 1230. The van der Waals surface area contributed by atoms with E-state index in [1.807, 2.05) is 0 Å². The van der Waals surface area contributed by atoms with Gasteiger partial charge in [0.25, 0.3) is 0 Å². The van der Waals surface area contributed by atoms with Crippen LogP contribution in [0.25, 0.3) is 11.1 Å². The molecule has 148 valence electrons. The molecule has 1 heteroatoms. The molecule has 0 aliphatic heterocycles. The highest BCUT2D eigenvalue weighted by atomic mass is 15.1. The quantitative estimate of drug-likeness (QED) is 0.302. The Balaban J connectivity index is 1.65. The number of hydrogen-bond donors (Lipinski definition) is 0. The first-order valence-electron chi connectivity index (χ1n) is 10.7. The minimum atomic E-state index is 1.01. The van der Waals surface area contributed by atoms with Crippen molar-refractivity contribution in [3.63, 3.8) is 0 Å².